The van der Waals surface area contributed by atoms with Gasteiger partial charge in [-0.05, 0) is 79.3 Å². The van der Waals surface area contributed by atoms with Crippen LogP contribution in [0.3, 0.4) is 0 Å². The lowest BCUT2D eigenvalue weighted by Crippen LogP contribution is -2.34. The molecule has 0 aliphatic carbocycles. The number of rotatable bonds is 9. The second-order valence-electron chi connectivity index (χ2n) is 7.11. The molecule has 0 atom stereocenters. The van der Waals surface area contributed by atoms with Gasteiger partial charge in [-0.15, -0.1) is 0 Å². The average Bonchev–Trinajstić information content (AvgIpc) is 2.83. The number of para-hydroxylation sites is 1. The minimum Gasteiger partial charge on any atom is -0.497 e. The van der Waals surface area contributed by atoms with Gasteiger partial charge in [-0.2, -0.15) is 0 Å². The van der Waals surface area contributed by atoms with Gasteiger partial charge >= 0.3 is 0 Å². The molecule has 178 valence electrons. The highest BCUT2D eigenvalue weighted by Gasteiger charge is 2.16. The van der Waals surface area contributed by atoms with Crippen LogP contribution in [0.1, 0.15) is 23.7 Å². The van der Waals surface area contributed by atoms with Gasteiger partial charge in [-0.25, -0.2) is 8.42 Å². The van der Waals surface area contributed by atoms with Crippen LogP contribution in [0.4, 0.5) is 11.4 Å². The largest absolute Gasteiger partial charge is 0.497 e. The summed E-state index contributed by atoms with van der Waals surface area (Å²) in [5.74, 6) is 0.689. The Morgan fingerprint density at radius 1 is 0.941 bits per heavy atom. The number of benzene rings is 3. The van der Waals surface area contributed by atoms with E-state index in [1.54, 1.807) is 60.7 Å². The molecule has 0 aromatic heterocycles. The molecule has 0 heterocycles. The first kappa shape index (κ1) is 25.0. The predicted molar refractivity (Wildman–Crippen MR) is 136 cm³/mol. The number of ether oxygens (including phenoxy) is 2. The Morgan fingerprint density at radius 2 is 1.59 bits per heavy atom. The Morgan fingerprint density at radius 3 is 2.24 bits per heavy atom. The Kier molecular flexibility index (Phi) is 8.44. The van der Waals surface area contributed by atoms with E-state index in [1.807, 2.05) is 6.92 Å². The van der Waals surface area contributed by atoms with Crippen LogP contribution in [0.15, 0.2) is 77.7 Å². The number of amides is 1. The van der Waals surface area contributed by atoms with E-state index in [9.17, 15) is 13.2 Å². The third-order valence-electron chi connectivity index (χ3n) is 4.59. The van der Waals surface area contributed by atoms with Gasteiger partial charge in [0.05, 0.1) is 24.2 Å². The zero-order valence-electron chi connectivity index (χ0n) is 18.7. The second-order valence-corrected chi connectivity index (χ2v) is 9.20. The predicted octanol–water partition coefficient (Wildman–Crippen LogP) is 4.41. The van der Waals surface area contributed by atoms with E-state index in [0.717, 1.165) is 6.42 Å². The molecule has 0 unspecified atom stereocenters. The number of thiocarbonyl (C=S) groups is 1. The standard InChI is InChI=1S/C24H25N3O5S2/c1-3-16-32-22-7-5-4-6-21(22)23(28)26-24(33)25-17-10-14-20(15-11-17)34(29,30)27-18-8-12-19(31-2)13-9-18/h4-15,27H,3,16H2,1-2H3,(H2,25,26,28,33). The van der Waals surface area contributed by atoms with E-state index >= 15 is 0 Å². The molecule has 0 aliphatic rings. The van der Waals surface area contributed by atoms with Gasteiger partial charge in [-0.3, -0.25) is 14.8 Å². The zero-order chi connectivity index (χ0) is 24.6. The number of nitrogens with one attached hydrogen (secondary N) is 3. The molecule has 3 N–H and O–H groups in total. The van der Waals surface area contributed by atoms with Crippen molar-refractivity contribution in [2.75, 3.05) is 23.8 Å². The van der Waals surface area contributed by atoms with Crippen molar-refractivity contribution >= 4 is 44.6 Å². The molecular weight excluding hydrogens is 474 g/mol. The maximum Gasteiger partial charge on any atom is 0.261 e. The van der Waals surface area contributed by atoms with E-state index in [1.165, 1.54) is 19.2 Å². The molecule has 0 fully saturated rings. The van der Waals surface area contributed by atoms with Crippen LogP contribution in [0, 0.1) is 0 Å². The van der Waals surface area contributed by atoms with Gasteiger partial charge in [0.25, 0.3) is 15.9 Å². The van der Waals surface area contributed by atoms with Crippen molar-refractivity contribution in [3.63, 3.8) is 0 Å². The van der Waals surface area contributed by atoms with Gasteiger partial charge in [0.1, 0.15) is 11.5 Å². The SMILES string of the molecule is CCCOc1ccccc1C(=O)NC(=S)Nc1ccc(S(=O)(=O)Nc2ccc(OC)cc2)cc1. The zero-order valence-corrected chi connectivity index (χ0v) is 20.3. The summed E-state index contributed by atoms with van der Waals surface area (Å²) < 4.78 is 38.5. The third-order valence-corrected chi connectivity index (χ3v) is 6.19. The number of sulfonamides is 1. The van der Waals surface area contributed by atoms with Gasteiger partial charge < -0.3 is 14.8 Å². The van der Waals surface area contributed by atoms with Crippen LogP contribution < -0.4 is 24.8 Å². The lowest BCUT2D eigenvalue weighted by molar-refractivity contribution is 0.0973. The summed E-state index contributed by atoms with van der Waals surface area (Å²) >= 11 is 5.23. The number of anilines is 2. The van der Waals surface area contributed by atoms with E-state index in [0.29, 0.717) is 35.0 Å². The molecule has 3 aromatic rings. The van der Waals surface area contributed by atoms with E-state index in [4.69, 9.17) is 21.7 Å². The summed E-state index contributed by atoms with van der Waals surface area (Å²) in [4.78, 5) is 12.7. The van der Waals surface area contributed by atoms with Crippen molar-refractivity contribution in [1.29, 1.82) is 0 Å². The molecule has 0 radical (unpaired) electrons. The van der Waals surface area contributed by atoms with Crippen molar-refractivity contribution in [2.24, 2.45) is 0 Å². The Hall–Kier alpha value is -3.63. The minimum atomic E-state index is -3.78. The first-order valence-corrected chi connectivity index (χ1v) is 12.3. The topological polar surface area (TPSA) is 106 Å². The van der Waals surface area contributed by atoms with E-state index in [2.05, 4.69) is 15.4 Å². The first-order valence-electron chi connectivity index (χ1n) is 10.4. The monoisotopic (exact) mass is 499 g/mol. The molecule has 0 bridgehead atoms. The third kappa shape index (κ3) is 6.69. The molecule has 3 aromatic carbocycles. The Labute approximate surface area is 204 Å². The van der Waals surface area contributed by atoms with E-state index in [-0.39, 0.29) is 10.0 Å². The highest BCUT2D eigenvalue weighted by Crippen LogP contribution is 2.21. The average molecular weight is 500 g/mol. The van der Waals surface area contributed by atoms with Crippen molar-refractivity contribution in [2.45, 2.75) is 18.2 Å². The number of carbonyl (C=O) groups excluding carboxylic acids is 1. The molecule has 8 nitrogen and oxygen atoms in total. The normalized spacial score (nSPS) is 10.8. The van der Waals surface area contributed by atoms with Crippen molar-refractivity contribution in [1.82, 2.24) is 5.32 Å². The molecule has 0 saturated carbocycles. The van der Waals surface area contributed by atoms with Gasteiger partial charge in [0.15, 0.2) is 5.11 Å². The number of carbonyl (C=O) groups is 1. The molecule has 0 spiro atoms. The number of methoxy groups -OCH3 is 1. The molecule has 0 saturated heterocycles. The fraction of sp³-hybridized carbons (Fsp3) is 0.167. The van der Waals surface area contributed by atoms with Gasteiger partial charge in [-0.1, -0.05) is 19.1 Å². The summed E-state index contributed by atoms with van der Waals surface area (Å²) in [6, 6.07) is 19.4. The summed E-state index contributed by atoms with van der Waals surface area (Å²) in [6.07, 6.45) is 0.817. The van der Waals surface area contributed by atoms with Crippen LogP contribution in [-0.4, -0.2) is 33.2 Å². The summed E-state index contributed by atoms with van der Waals surface area (Å²) in [7, 11) is -2.25. The van der Waals surface area contributed by atoms with Crippen LogP contribution in [0.25, 0.3) is 0 Å². The fourth-order valence-corrected chi connectivity index (χ4v) is 4.18. The quantitative estimate of drug-likeness (QED) is 0.375. The number of hydrogen-bond donors (Lipinski definition) is 3. The minimum absolute atomic E-state index is 0.0715. The van der Waals surface area contributed by atoms with Gasteiger partial charge in [0, 0.05) is 11.4 Å². The molecular formula is C24H25N3O5S2. The number of hydrogen-bond acceptors (Lipinski definition) is 6. The molecule has 10 heteroatoms. The van der Waals surface area contributed by atoms with Crippen LogP contribution in [0.2, 0.25) is 0 Å². The highest BCUT2D eigenvalue weighted by atomic mass is 32.2. The molecule has 0 aliphatic heterocycles. The van der Waals surface area contributed by atoms with Crippen molar-refractivity contribution < 1.29 is 22.7 Å². The van der Waals surface area contributed by atoms with Crippen molar-refractivity contribution in [3.05, 3.63) is 78.4 Å². The van der Waals surface area contributed by atoms with Crippen LogP contribution in [-0.2, 0) is 10.0 Å². The van der Waals surface area contributed by atoms with E-state index < -0.39 is 15.9 Å². The highest BCUT2D eigenvalue weighted by molar-refractivity contribution is 7.92. The maximum absolute atomic E-state index is 12.6. The van der Waals surface area contributed by atoms with Crippen LogP contribution >= 0.6 is 12.2 Å². The van der Waals surface area contributed by atoms with Crippen molar-refractivity contribution in [3.8, 4) is 11.5 Å². The fourth-order valence-electron chi connectivity index (χ4n) is 2.92. The summed E-state index contributed by atoms with van der Waals surface area (Å²) in [5.41, 5.74) is 1.30. The Bertz CT molecular complexity index is 1240. The molecule has 34 heavy (non-hydrogen) atoms. The van der Waals surface area contributed by atoms with Gasteiger partial charge in [0.2, 0.25) is 0 Å². The maximum atomic E-state index is 12.6. The molecule has 1 amide bonds. The smallest absolute Gasteiger partial charge is 0.261 e. The van der Waals surface area contributed by atoms with Crippen LogP contribution in [0.5, 0.6) is 11.5 Å². The summed E-state index contributed by atoms with van der Waals surface area (Å²) in [6.45, 7) is 2.48. The molecule has 3 rings (SSSR count). The lowest BCUT2D eigenvalue weighted by Gasteiger charge is -2.13. The Balaban J connectivity index is 1.61. The summed E-state index contributed by atoms with van der Waals surface area (Å²) in [5, 5.41) is 5.56. The first-order chi connectivity index (χ1) is 16.3. The lowest BCUT2D eigenvalue weighted by atomic mass is 10.2. The second kappa shape index (κ2) is 11.5.